The molecule has 102 valence electrons. The molecule has 1 fully saturated rings. The van der Waals surface area contributed by atoms with E-state index in [-0.39, 0.29) is 11.7 Å². The van der Waals surface area contributed by atoms with Crippen molar-refractivity contribution in [1.29, 1.82) is 0 Å². The summed E-state index contributed by atoms with van der Waals surface area (Å²) in [5, 5.41) is 0. The molecule has 1 aromatic carbocycles. The van der Waals surface area contributed by atoms with Gasteiger partial charge in [0.05, 0.1) is 5.92 Å². The zero-order valence-corrected chi connectivity index (χ0v) is 11.7. The maximum atomic E-state index is 12.4. The highest BCUT2D eigenvalue weighted by atomic mass is 16.2. The van der Waals surface area contributed by atoms with Gasteiger partial charge in [-0.15, -0.1) is 0 Å². The Kier molecular flexibility index (Phi) is 4.35. The summed E-state index contributed by atoms with van der Waals surface area (Å²) >= 11 is 0. The first-order valence-corrected chi connectivity index (χ1v) is 7.10. The zero-order chi connectivity index (χ0) is 13.8. The minimum Gasteiger partial charge on any atom is -0.312 e. The molecule has 1 amide bonds. The fourth-order valence-corrected chi connectivity index (χ4v) is 2.62. The summed E-state index contributed by atoms with van der Waals surface area (Å²) in [5.41, 5.74) is 2.15. The van der Waals surface area contributed by atoms with Crippen molar-refractivity contribution < 1.29 is 9.59 Å². The summed E-state index contributed by atoms with van der Waals surface area (Å²) in [6, 6.07) is 8.05. The highest BCUT2D eigenvalue weighted by molar-refractivity contribution is 6.08. The summed E-state index contributed by atoms with van der Waals surface area (Å²) in [5.74, 6) is -0.378. The van der Waals surface area contributed by atoms with Gasteiger partial charge in [0.1, 0.15) is 5.78 Å². The normalized spacial score (nSPS) is 19.6. The van der Waals surface area contributed by atoms with Crippen LogP contribution in [0.1, 0.15) is 38.7 Å². The van der Waals surface area contributed by atoms with E-state index < -0.39 is 5.92 Å². The highest BCUT2D eigenvalue weighted by Crippen LogP contribution is 2.26. The van der Waals surface area contributed by atoms with E-state index in [9.17, 15) is 9.59 Å². The number of piperidine rings is 1. The number of benzene rings is 1. The van der Waals surface area contributed by atoms with E-state index in [0.29, 0.717) is 12.8 Å². The molecule has 1 atom stereocenters. The number of hydrogen-bond acceptors (Lipinski definition) is 2. The molecule has 1 unspecified atom stereocenters. The number of aryl methyl sites for hydroxylation is 1. The van der Waals surface area contributed by atoms with Crippen LogP contribution in [0.15, 0.2) is 24.3 Å². The third-order valence-corrected chi connectivity index (χ3v) is 3.81. The number of anilines is 1. The SMILES string of the molecule is CCC(=O)C1CCCN(c2cccc(CC)c2)C1=O. The molecule has 2 rings (SSSR count). The topological polar surface area (TPSA) is 37.4 Å². The van der Waals surface area contributed by atoms with Gasteiger partial charge >= 0.3 is 0 Å². The Labute approximate surface area is 114 Å². The second-order valence-electron chi connectivity index (χ2n) is 5.03. The van der Waals surface area contributed by atoms with Crippen LogP contribution in [0.25, 0.3) is 0 Å². The monoisotopic (exact) mass is 259 g/mol. The van der Waals surface area contributed by atoms with Crippen LogP contribution in [0.2, 0.25) is 0 Å². The molecule has 1 saturated heterocycles. The molecular weight excluding hydrogens is 238 g/mol. The van der Waals surface area contributed by atoms with Crippen LogP contribution in [0.4, 0.5) is 5.69 Å². The lowest BCUT2D eigenvalue weighted by molar-refractivity contribution is -0.133. The summed E-state index contributed by atoms with van der Waals surface area (Å²) in [6.07, 6.45) is 3.00. The second kappa shape index (κ2) is 6.00. The number of carbonyl (C=O) groups is 2. The van der Waals surface area contributed by atoms with Gasteiger partial charge < -0.3 is 4.90 Å². The number of amides is 1. The van der Waals surface area contributed by atoms with Crippen molar-refractivity contribution in [2.24, 2.45) is 5.92 Å². The van der Waals surface area contributed by atoms with Gasteiger partial charge in [-0.25, -0.2) is 0 Å². The van der Waals surface area contributed by atoms with Crippen LogP contribution < -0.4 is 4.90 Å². The average Bonchev–Trinajstić information content (AvgIpc) is 2.46. The first kappa shape index (κ1) is 13.8. The smallest absolute Gasteiger partial charge is 0.237 e. The van der Waals surface area contributed by atoms with E-state index in [2.05, 4.69) is 19.1 Å². The molecule has 0 aromatic heterocycles. The Hall–Kier alpha value is -1.64. The van der Waals surface area contributed by atoms with E-state index in [0.717, 1.165) is 25.1 Å². The van der Waals surface area contributed by atoms with Gasteiger partial charge in [-0.05, 0) is 37.0 Å². The minimum absolute atomic E-state index is 0.0219. The summed E-state index contributed by atoms with van der Waals surface area (Å²) in [6.45, 7) is 4.65. The Morgan fingerprint density at radius 3 is 2.84 bits per heavy atom. The third kappa shape index (κ3) is 2.86. The predicted octanol–water partition coefficient (Wildman–Crippen LogP) is 2.97. The fourth-order valence-electron chi connectivity index (χ4n) is 2.62. The third-order valence-electron chi connectivity index (χ3n) is 3.81. The van der Waals surface area contributed by atoms with E-state index in [1.54, 1.807) is 4.90 Å². The largest absolute Gasteiger partial charge is 0.312 e. The van der Waals surface area contributed by atoms with Crippen LogP contribution in [-0.2, 0) is 16.0 Å². The van der Waals surface area contributed by atoms with Gasteiger partial charge in [-0.3, -0.25) is 9.59 Å². The number of carbonyl (C=O) groups excluding carboxylic acids is 2. The van der Waals surface area contributed by atoms with Crippen LogP contribution >= 0.6 is 0 Å². The van der Waals surface area contributed by atoms with Crippen LogP contribution in [-0.4, -0.2) is 18.2 Å². The predicted molar refractivity (Wildman–Crippen MR) is 76.2 cm³/mol. The second-order valence-corrected chi connectivity index (χ2v) is 5.03. The lowest BCUT2D eigenvalue weighted by Crippen LogP contribution is -2.44. The van der Waals surface area contributed by atoms with E-state index in [1.807, 2.05) is 19.1 Å². The fraction of sp³-hybridized carbons (Fsp3) is 0.500. The maximum Gasteiger partial charge on any atom is 0.237 e. The molecule has 0 aliphatic carbocycles. The van der Waals surface area contributed by atoms with Gasteiger partial charge in [0, 0.05) is 18.7 Å². The quantitative estimate of drug-likeness (QED) is 0.780. The van der Waals surface area contributed by atoms with E-state index in [1.165, 1.54) is 5.56 Å². The number of hydrogen-bond donors (Lipinski definition) is 0. The Balaban J connectivity index is 2.23. The van der Waals surface area contributed by atoms with Gasteiger partial charge in [0.25, 0.3) is 0 Å². The average molecular weight is 259 g/mol. The van der Waals surface area contributed by atoms with Gasteiger partial charge in [-0.2, -0.15) is 0 Å². The maximum absolute atomic E-state index is 12.4. The molecule has 0 radical (unpaired) electrons. The van der Waals surface area contributed by atoms with Crippen LogP contribution in [0.5, 0.6) is 0 Å². The van der Waals surface area contributed by atoms with Crippen molar-refractivity contribution in [3.63, 3.8) is 0 Å². The summed E-state index contributed by atoms with van der Waals surface area (Å²) in [7, 11) is 0. The van der Waals surface area contributed by atoms with Crippen LogP contribution in [0, 0.1) is 5.92 Å². The van der Waals surface area contributed by atoms with Crippen molar-refractivity contribution in [2.45, 2.75) is 39.5 Å². The van der Waals surface area contributed by atoms with Crippen molar-refractivity contribution in [3.8, 4) is 0 Å². The number of Topliss-reactive ketones (excluding diaryl/α,β-unsaturated/α-hetero) is 1. The van der Waals surface area contributed by atoms with Gasteiger partial charge in [-0.1, -0.05) is 26.0 Å². The molecule has 1 aromatic rings. The molecule has 0 bridgehead atoms. The lowest BCUT2D eigenvalue weighted by Gasteiger charge is -2.31. The minimum atomic E-state index is -0.427. The standard InChI is InChI=1S/C16H21NO2/c1-3-12-7-5-8-13(11-12)17-10-6-9-14(16(17)19)15(18)4-2/h5,7-8,11,14H,3-4,6,9-10H2,1-2H3. The Morgan fingerprint density at radius 1 is 1.37 bits per heavy atom. The first-order chi connectivity index (χ1) is 9.17. The number of rotatable bonds is 4. The van der Waals surface area contributed by atoms with Gasteiger partial charge in [0.2, 0.25) is 5.91 Å². The molecular formula is C16H21NO2. The van der Waals surface area contributed by atoms with Crippen molar-refractivity contribution in [1.82, 2.24) is 0 Å². The number of ketones is 1. The zero-order valence-electron chi connectivity index (χ0n) is 11.7. The molecule has 3 nitrogen and oxygen atoms in total. The molecule has 0 spiro atoms. The lowest BCUT2D eigenvalue weighted by atomic mass is 9.91. The number of nitrogens with zero attached hydrogens (tertiary/aromatic N) is 1. The molecule has 19 heavy (non-hydrogen) atoms. The van der Waals surface area contributed by atoms with Gasteiger partial charge in [0.15, 0.2) is 0 Å². The molecule has 1 heterocycles. The molecule has 1 aliphatic rings. The first-order valence-electron chi connectivity index (χ1n) is 7.10. The highest BCUT2D eigenvalue weighted by Gasteiger charge is 2.33. The molecule has 0 saturated carbocycles. The van der Waals surface area contributed by atoms with Crippen LogP contribution in [0.3, 0.4) is 0 Å². The Morgan fingerprint density at radius 2 is 2.16 bits per heavy atom. The molecule has 3 heteroatoms. The Bertz CT molecular complexity index is 481. The molecule has 0 N–H and O–H groups in total. The van der Waals surface area contributed by atoms with Crippen molar-refractivity contribution in [2.75, 3.05) is 11.4 Å². The molecule has 1 aliphatic heterocycles. The summed E-state index contributed by atoms with van der Waals surface area (Å²) < 4.78 is 0. The van der Waals surface area contributed by atoms with E-state index >= 15 is 0 Å². The summed E-state index contributed by atoms with van der Waals surface area (Å²) in [4.78, 5) is 26.0. The van der Waals surface area contributed by atoms with Crippen molar-refractivity contribution >= 4 is 17.4 Å². The van der Waals surface area contributed by atoms with Crippen molar-refractivity contribution in [3.05, 3.63) is 29.8 Å². The van der Waals surface area contributed by atoms with E-state index in [4.69, 9.17) is 0 Å².